The minimum absolute atomic E-state index is 0.00601. The van der Waals surface area contributed by atoms with E-state index in [-0.39, 0.29) is 84.6 Å². The quantitative estimate of drug-likeness (QED) is 0.0128. The number of piperidine rings is 1. The number of nitrogen functional groups attached to an aromatic ring is 2. The second-order valence-corrected chi connectivity index (χ2v) is 37.4. The lowest BCUT2D eigenvalue weighted by atomic mass is 9.78. The van der Waals surface area contributed by atoms with Crippen LogP contribution in [0.4, 0.5) is 23.7 Å². The average molecular weight is 1850 g/mol. The summed E-state index contributed by atoms with van der Waals surface area (Å²) in [4.78, 5) is 129. The highest BCUT2D eigenvalue weighted by Gasteiger charge is 2.53. The predicted molar refractivity (Wildman–Crippen MR) is 503 cm³/mol. The Morgan fingerprint density at radius 2 is 1.48 bits per heavy atom. The summed E-state index contributed by atoms with van der Waals surface area (Å²) in [6.07, 6.45) is 19.4. The van der Waals surface area contributed by atoms with E-state index in [1.807, 2.05) is 84.7 Å². The van der Waals surface area contributed by atoms with E-state index in [1.54, 1.807) is 71.9 Å². The summed E-state index contributed by atoms with van der Waals surface area (Å²) in [5, 5.41) is 45.1. The number of Topliss-reactive ketones (excluding diaryl/α,β-unsaturated/α-hetero) is 2. The number of amides is 3. The predicted octanol–water partition coefficient (Wildman–Crippen LogP) is 8.89. The zero-order valence-electron chi connectivity index (χ0n) is 78.0. The third-order valence-electron chi connectivity index (χ3n) is 27.6. The number of nitrogens with zero attached hydrogens (tertiary/aromatic N) is 15. The molecule has 11 heterocycles. The molecule has 36 heteroatoms. The first-order chi connectivity index (χ1) is 64.0. The van der Waals surface area contributed by atoms with Crippen molar-refractivity contribution in [2.75, 3.05) is 128 Å². The molecule has 6 aliphatic heterocycles. The largest absolute Gasteiger partial charge is 0.465 e. The van der Waals surface area contributed by atoms with Gasteiger partial charge in [0.2, 0.25) is 23.6 Å². The fraction of sp³-hybridized carbons (Fsp3) is 0.577. The van der Waals surface area contributed by atoms with Crippen molar-refractivity contribution < 1.29 is 81.7 Å². The third-order valence-corrected chi connectivity index (χ3v) is 27.9. The number of esters is 1. The zero-order valence-corrected chi connectivity index (χ0v) is 78.8. The molecule has 1 aliphatic carbocycles. The summed E-state index contributed by atoms with van der Waals surface area (Å²) in [7, 11) is 4.61. The fourth-order valence-corrected chi connectivity index (χ4v) is 19.7. The first-order valence-corrected chi connectivity index (χ1v) is 47.3. The fourth-order valence-electron chi connectivity index (χ4n) is 19.5. The molecule has 2 aromatic carbocycles. The number of piperazine rings is 2. The minimum Gasteiger partial charge on any atom is -0.465 e. The van der Waals surface area contributed by atoms with Crippen molar-refractivity contribution in [1.29, 1.82) is 0 Å². The summed E-state index contributed by atoms with van der Waals surface area (Å²) in [5.41, 5.74) is 21.2. The Labute approximate surface area is 781 Å². The van der Waals surface area contributed by atoms with E-state index >= 15 is 0 Å². The molecular weight excluding hydrogens is 1720 g/mol. The molecule has 7 aromatic rings. The number of oxazole rings is 1. The minimum atomic E-state index is -2.47. The van der Waals surface area contributed by atoms with Crippen molar-refractivity contribution in [1.82, 2.24) is 69.6 Å². The highest BCUT2D eigenvalue weighted by Crippen LogP contribution is 2.41. The molecule has 35 nitrogen and oxygen atoms in total. The van der Waals surface area contributed by atoms with Gasteiger partial charge in [-0.1, -0.05) is 89.3 Å². The maximum atomic E-state index is 14.9. The Balaban J connectivity index is 0.499. The number of thiocarbonyl (C=S) groups is 1. The molecule has 0 radical (unpaired) electrons. The SMILES string of the molecule is CO[C@H]1C[C@@H]2CC[C@@H](C)[C@@](O)(O2)C(=O)C(=O)N2CCCC[C@H]2C(=O)O[C@H]([C@H](C)C[C@@H]2CC[C@@H](OC(=S)NCc3cnc(N4CCN(C(=O)CCOCCN5CCN(c6ncc(C(=O)N7CCc8cc(Cn9nc(-c%10ccc%11oc(N)nc%11c%10)c%10c(N)ncnc%109)ccc8C7)cn6)CC5)CC4)nc3)[C@H](OC)C2)C[C@@H](O)[C@H](C)/C=C(\C)[C@@H](O)[C@@H](OC)C(=O)[C@H](C)C[C@H](C)/C=C/C=C/C=C/1C. The van der Waals surface area contributed by atoms with Gasteiger partial charge in [-0.15, -0.1) is 0 Å². The van der Waals surface area contributed by atoms with Gasteiger partial charge in [0.15, 0.2) is 17.0 Å². The molecular formula is C97H130N18O17S. The van der Waals surface area contributed by atoms with Gasteiger partial charge in [-0.2, -0.15) is 10.1 Å². The number of nitrogens with one attached hydrogen (secondary N) is 1. The number of carbonyl (C=O) groups excluding carboxylic acids is 6. The second kappa shape index (κ2) is 45.1. The number of fused-ring (bicyclic) bond motifs is 6. The molecule has 8 N–H and O–H groups in total. The lowest BCUT2D eigenvalue weighted by Gasteiger charge is -2.43. The van der Waals surface area contributed by atoms with Crippen molar-refractivity contribution in [3.05, 3.63) is 143 Å². The van der Waals surface area contributed by atoms with Crippen LogP contribution < -0.4 is 26.6 Å². The Hall–Kier alpha value is -10.7. The summed E-state index contributed by atoms with van der Waals surface area (Å²) in [5.74, 6) is -6.43. The summed E-state index contributed by atoms with van der Waals surface area (Å²) in [6.45, 7) is 21.4. The molecule has 3 amide bonds. The monoisotopic (exact) mass is 1850 g/mol. The number of carbonyl (C=O) groups is 6. The van der Waals surface area contributed by atoms with Crippen molar-refractivity contribution in [3.63, 3.8) is 0 Å². The summed E-state index contributed by atoms with van der Waals surface area (Å²) in [6, 6.07) is 10.7. The molecule has 133 heavy (non-hydrogen) atoms. The number of anilines is 4. The van der Waals surface area contributed by atoms with E-state index < -0.39 is 83.9 Å². The van der Waals surface area contributed by atoms with E-state index in [4.69, 9.17) is 66.4 Å². The van der Waals surface area contributed by atoms with Gasteiger partial charge in [0, 0.05) is 173 Å². The molecule has 5 fully saturated rings. The first kappa shape index (κ1) is 98.3. The molecule has 16 atom stereocenters. The van der Waals surface area contributed by atoms with Crippen LogP contribution in [0.1, 0.15) is 165 Å². The van der Waals surface area contributed by atoms with Gasteiger partial charge < -0.3 is 94.2 Å². The van der Waals surface area contributed by atoms with Crippen LogP contribution in [0.25, 0.3) is 33.4 Å². The number of benzene rings is 2. The van der Waals surface area contributed by atoms with Crippen LogP contribution in [0, 0.1) is 35.5 Å². The number of hydrogen-bond acceptors (Lipinski definition) is 31. The summed E-state index contributed by atoms with van der Waals surface area (Å²) < 4.78 is 50.2. The average Bonchev–Trinajstić information content (AvgIpc) is 1.71. The number of cyclic esters (lactones) is 1. The van der Waals surface area contributed by atoms with Gasteiger partial charge in [0.05, 0.1) is 61.5 Å². The molecule has 5 aromatic heterocycles. The number of ether oxygens (including phenoxy) is 7. The van der Waals surface area contributed by atoms with Gasteiger partial charge >= 0.3 is 5.97 Å². The van der Waals surface area contributed by atoms with Crippen molar-refractivity contribution >= 4 is 98.5 Å². The Bertz CT molecular complexity index is 5350. The molecule has 716 valence electrons. The van der Waals surface area contributed by atoms with Crippen LogP contribution >= 0.6 is 12.2 Å². The maximum Gasteiger partial charge on any atom is 0.329 e. The van der Waals surface area contributed by atoms with Gasteiger partial charge in [-0.05, 0) is 160 Å². The second-order valence-electron chi connectivity index (χ2n) is 37.0. The molecule has 7 aliphatic rings. The maximum absolute atomic E-state index is 14.9. The number of ketones is 2. The van der Waals surface area contributed by atoms with E-state index in [0.717, 1.165) is 53.0 Å². The molecule has 4 saturated heterocycles. The van der Waals surface area contributed by atoms with Crippen LogP contribution in [0.5, 0.6) is 0 Å². The van der Waals surface area contributed by atoms with Gasteiger partial charge in [-0.3, -0.25) is 28.9 Å². The van der Waals surface area contributed by atoms with Gasteiger partial charge in [0.1, 0.15) is 53.8 Å². The van der Waals surface area contributed by atoms with Crippen LogP contribution in [-0.4, -0.2) is 287 Å². The van der Waals surface area contributed by atoms with Crippen LogP contribution in [0.2, 0.25) is 0 Å². The van der Waals surface area contributed by atoms with Crippen LogP contribution in [-0.2, 0) is 83.2 Å². The lowest BCUT2D eigenvalue weighted by Crippen LogP contribution is -2.61. The normalized spacial score (nSPS) is 28.4. The number of aliphatic hydroxyl groups is 3. The Morgan fingerprint density at radius 3 is 2.22 bits per heavy atom. The van der Waals surface area contributed by atoms with E-state index in [9.17, 15) is 44.1 Å². The topological polar surface area (TPSA) is 432 Å². The number of methoxy groups -OCH3 is 3. The van der Waals surface area contributed by atoms with Gasteiger partial charge in [0.25, 0.3) is 28.8 Å². The van der Waals surface area contributed by atoms with Crippen molar-refractivity contribution in [2.45, 2.75) is 219 Å². The van der Waals surface area contributed by atoms with Crippen LogP contribution in [0.3, 0.4) is 0 Å². The summed E-state index contributed by atoms with van der Waals surface area (Å²) >= 11 is 5.76. The number of hydrogen-bond donors (Lipinski definition) is 6. The molecule has 0 spiro atoms. The first-order valence-electron chi connectivity index (χ1n) is 46.9. The highest BCUT2D eigenvalue weighted by atomic mass is 32.1. The number of aliphatic hydroxyl groups excluding tert-OH is 2. The Morgan fingerprint density at radius 1 is 0.737 bits per heavy atom. The van der Waals surface area contributed by atoms with E-state index in [2.05, 4.69) is 73.1 Å². The third kappa shape index (κ3) is 24.2. The molecule has 1 saturated carbocycles. The molecule has 0 unspecified atom stereocenters. The molecule has 14 rings (SSSR count). The van der Waals surface area contributed by atoms with E-state index in [1.165, 1.54) is 18.3 Å². The molecule has 2 bridgehead atoms. The smallest absolute Gasteiger partial charge is 0.329 e. The number of nitrogens with two attached hydrogens (primary N) is 2. The van der Waals surface area contributed by atoms with Crippen LogP contribution in [0.15, 0.2) is 120 Å². The van der Waals surface area contributed by atoms with E-state index in [0.29, 0.717) is 206 Å². The zero-order chi connectivity index (χ0) is 94.3. The van der Waals surface area contributed by atoms with Crippen molar-refractivity contribution in [3.8, 4) is 11.3 Å². The Kier molecular flexibility index (Phi) is 33.4. The number of rotatable bonds is 21. The van der Waals surface area contributed by atoms with Gasteiger partial charge in [-0.25, -0.2) is 39.4 Å². The number of allylic oxidation sites excluding steroid dienone is 5. The standard InChI is InChI=1S/C97H130N18O17S/c1-58-16-12-11-13-17-59(2)78(125-8)48-72-24-19-64(7)97(124,132-72)87(120)91(122)114-29-15-14-18-74(114)92(123)129-79(49-75(116)60(3)43-63(6)85(119)86(127-10)84(118)62(5)42-58)61(4)44-65-21-25-77(80(46-65)126-9)131-96(133)104-52-67-50-100-94(101-51-67)112-37-35-110(36-38-112)81(117)28-40-128-41-39-109-31-33-111(34-32-109)95-102-53-71(54-103-95)90(121)113-30-27-68-45-66(20-22-70(68)56-113)55-115-89-82(88(98)105-57-106-89)83(108-115)69-23-26-76-73(47-69)107-93(99)130-76/h11-13,16-17,20,22-23,26,43,45,47,50-51,53-54,57-58,60-62,64-65,72,74-75,77-80,85-86,116,119,124H,14-15,18-19,21,24-25,27-42,44,46,48-49,52,55-56H2,1-10H3,(H2,99,107)(H,104,133)(H2,98,105,106)/b13-11+,16-12+,59-17+,63-43+/t58-,60-,61-,62-,64-,65+,72+,74+,75-,77-,78+,79+,80-,85-,86+,97-/m1/s1. The lowest BCUT2D eigenvalue weighted by molar-refractivity contribution is -0.265. The highest BCUT2D eigenvalue weighted by molar-refractivity contribution is 7.80. The van der Waals surface area contributed by atoms with Crippen molar-refractivity contribution in [2.24, 2.45) is 35.5 Å². The number of aromatic nitrogens is 9.